The number of fused-ring (bicyclic) bond motifs is 3. The van der Waals surface area contributed by atoms with Crippen molar-refractivity contribution in [3.05, 3.63) is 11.1 Å². The lowest BCUT2D eigenvalue weighted by Gasteiger charge is -2.57. The van der Waals surface area contributed by atoms with Gasteiger partial charge in [0.25, 0.3) is 0 Å². The molecular formula is C18H29NO2. The summed E-state index contributed by atoms with van der Waals surface area (Å²) in [5.41, 5.74) is 2.66. The van der Waals surface area contributed by atoms with E-state index in [0.717, 1.165) is 49.8 Å². The third-order valence-corrected chi connectivity index (χ3v) is 5.60. The molecule has 0 aromatic rings. The molecule has 2 bridgehead atoms. The average Bonchev–Trinajstić information content (AvgIpc) is 2.20. The first kappa shape index (κ1) is 15.1. The summed E-state index contributed by atoms with van der Waals surface area (Å²) in [6.07, 6.45) is 5.54. The Balaban J connectivity index is 2.15. The minimum absolute atomic E-state index is 0.119. The van der Waals surface area contributed by atoms with Crippen LogP contribution in [-0.2, 0) is 0 Å². The molecule has 0 aromatic heterocycles. The van der Waals surface area contributed by atoms with Crippen LogP contribution in [0.3, 0.4) is 0 Å². The molecule has 1 saturated carbocycles. The molecule has 0 radical (unpaired) electrons. The van der Waals surface area contributed by atoms with E-state index >= 15 is 0 Å². The minimum atomic E-state index is -0.803. The van der Waals surface area contributed by atoms with Gasteiger partial charge in [0.15, 0.2) is 0 Å². The van der Waals surface area contributed by atoms with Crippen LogP contribution in [0.2, 0.25) is 0 Å². The van der Waals surface area contributed by atoms with Gasteiger partial charge >= 0.3 is 0 Å². The van der Waals surface area contributed by atoms with Gasteiger partial charge in [0.2, 0.25) is 0 Å². The maximum Gasteiger partial charge on any atom is 0.0925 e. The number of nitrogens with zero attached hydrogens (tertiary/aromatic N) is 1. The number of aliphatic hydroxyl groups is 1. The molecule has 2 atom stereocenters. The highest BCUT2D eigenvalue weighted by molar-refractivity contribution is 6.03. The van der Waals surface area contributed by atoms with Gasteiger partial charge in [0.05, 0.1) is 11.3 Å². The lowest BCUT2D eigenvalue weighted by atomic mass is 9.49. The fourth-order valence-electron chi connectivity index (χ4n) is 5.97. The van der Waals surface area contributed by atoms with Crippen molar-refractivity contribution >= 4 is 5.71 Å². The van der Waals surface area contributed by atoms with Crippen molar-refractivity contribution in [3.63, 3.8) is 0 Å². The molecule has 0 spiro atoms. The van der Waals surface area contributed by atoms with Crippen LogP contribution in [0.15, 0.2) is 16.3 Å². The first-order chi connectivity index (χ1) is 9.48. The Morgan fingerprint density at radius 3 is 2.14 bits per heavy atom. The second-order valence-electron chi connectivity index (χ2n) is 9.76. The quantitative estimate of drug-likeness (QED) is 0.517. The van der Waals surface area contributed by atoms with Crippen molar-refractivity contribution < 1.29 is 10.3 Å². The molecular weight excluding hydrogens is 262 g/mol. The summed E-state index contributed by atoms with van der Waals surface area (Å²) < 4.78 is 0. The van der Waals surface area contributed by atoms with Gasteiger partial charge in [-0.2, -0.15) is 0 Å². The van der Waals surface area contributed by atoms with Crippen LogP contribution in [0, 0.1) is 16.2 Å². The van der Waals surface area contributed by atoms with Crippen LogP contribution < -0.4 is 0 Å². The van der Waals surface area contributed by atoms with Crippen molar-refractivity contribution in [2.45, 2.75) is 78.7 Å². The van der Waals surface area contributed by atoms with Crippen molar-refractivity contribution in [1.29, 1.82) is 0 Å². The van der Waals surface area contributed by atoms with Gasteiger partial charge in [0.1, 0.15) is 0 Å². The molecule has 118 valence electrons. The zero-order valence-electron chi connectivity index (χ0n) is 14.1. The molecule has 0 aromatic carbocycles. The van der Waals surface area contributed by atoms with E-state index in [4.69, 9.17) is 0 Å². The van der Waals surface area contributed by atoms with Crippen LogP contribution in [-0.4, -0.2) is 21.6 Å². The molecule has 3 aliphatic carbocycles. The third kappa shape index (κ3) is 2.44. The molecule has 0 unspecified atom stereocenters. The normalized spacial score (nSPS) is 42.9. The van der Waals surface area contributed by atoms with Gasteiger partial charge in [-0.05, 0) is 54.8 Å². The lowest BCUT2D eigenvalue weighted by molar-refractivity contribution is -0.0756. The molecule has 0 aliphatic heterocycles. The second kappa shape index (κ2) is 4.13. The van der Waals surface area contributed by atoms with E-state index in [0.29, 0.717) is 0 Å². The summed E-state index contributed by atoms with van der Waals surface area (Å²) in [6, 6.07) is 0. The molecule has 3 nitrogen and oxygen atoms in total. The van der Waals surface area contributed by atoms with Crippen LogP contribution >= 0.6 is 0 Å². The summed E-state index contributed by atoms with van der Waals surface area (Å²) in [4.78, 5) is 0. The Kier molecular flexibility index (Phi) is 2.96. The third-order valence-electron chi connectivity index (χ3n) is 5.60. The Morgan fingerprint density at radius 2 is 1.52 bits per heavy atom. The molecule has 0 saturated heterocycles. The summed E-state index contributed by atoms with van der Waals surface area (Å²) >= 11 is 0. The lowest BCUT2D eigenvalue weighted by Crippen LogP contribution is -2.54. The van der Waals surface area contributed by atoms with E-state index in [1.54, 1.807) is 0 Å². The summed E-state index contributed by atoms with van der Waals surface area (Å²) in [5.74, 6) is 0. The first-order valence-electron chi connectivity index (χ1n) is 8.14. The summed E-state index contributed by atoms with van der Waals surface area (Å²) in [6.45, 7) is 11.3. The van der Waals surface area contributed by atoms with E-state index in [-0.39, 0.29) is 16.2 Å². The SMILES string of the molecule is CC1(C)CC(=NO)C2=C(C1)C[C@@]1(C)CC(C)(C)C[C@@]2(O)C1. The summed E-state index contributed by atoms with van der Waals surface area (Å²) in [5, 5.41) is 24.5. The Labute approximate surface area is 128 Å². The van der Waals surface area contributed by atoms with Gasteiger partial charge in [-0.25, -0.2) is 0 Å². The van der Waals surface area contributed by atoms with Crippen molar-refractivity contribution in [3.8, 4) is 0 Å². The number of hydrogen-bond donors (Lipinski definition) is 2. The first-order valence-corrected chi connectivity index (χ1v) is 8.14. The molecule has 3 aliphatic rings. The number of oxime groups is 1. The van der Waals surface area contributed by atoms with Crippen LogP contribution in [0.5, 0.6) is 0 Å². The molecule has 2 N–H and O–H groups in total. The number of hydrogen-bond acceptors (Lipinski definition) is 3. The topological polar surface area (TPSA) is 52.8 Å². The van der Waals surface area contributed by atoms with Crippen LogP contribution in [0.1, 0.15) is 73.1 Å². The van der Waals surface area contributed by atoms with Crippen molar-refractivity contribution in [2.24, 2.45) is 21.4 Å². The van der Waals surface area contributed by atoms with E-state index in [1.165, 1.54) is 5.57 Å². The van der Waals surface area contributed by atoms with E-state index in [9.17, 15) is 10.3 Å². The molecule has 1 fully saturated rings. The van der Waals surface area contributed by atoms with Crippen LogP contribution in [0.4, 0.5) is 0 Å². The van der Waals surface area contributed by atoms with Gasteiger partial charge in [-0.15, -0.1) is 0 Å². The van der Waals surface area contributed by atoms with Gasteiger partial charge < -0.3 is 10.3 Å². The molecule has 3 rings (SSSR count). The van der Waals surface area contributed by atoms with Crippen molar-refractivity contribution in [1.82, 2.24) is 0 Å². The predicted molar refractivity (Wildman–Crippen MR) is 84.6 cm³/mol. The maximum atomic E-state index is 11.4. The fourth-order valence-corrected chi connectivity index (χ4v) is 5.97. The van der Waals surface area contributed by atoms with Gasteiger partial charge in [0, 0.05) is 5.57 Å². The second-order valence-corrected chi connectivity index (χ2v) is 9.76. The van der Waals surface area contributed by atoms with E-state index in [2.05, 4.69) is 39.8 Å². The number of allylic oxidation sites excluding steroid dienone is 1. The number of rotatable bonds is 0. The Morgan fingerprint density at radius 1 is 0.857 bits per heavy atom. The van der Waals surface area contributed by atoms with Crippen LogP contribution in [0.25, 0.3) is 0 Å². The Hall–Kier alpha value is -0.830. The summed E-state index contributed by atoms with van der Waals surface area (Å²) in [7, 11) is 0. The predicted octanol–water partition coefficient (Wildman–Crippen LogP) is 4.28. The highest BCUT2D eigenvalue weighted by Gasteiger charge is 2.56. The molecule has 0 heterocycles. The van der Waals surface area contributed by atoms with Gasteiger partial charge in [-0.1, -0.05) is 45.3 Å². The maximum absolute atomic E-state index is 11.4. The molecule has 0 amide bonds. The Bertz CT molecular complexity index is 543. The largest absolute Gasteiger partial charge is 0.411 e. The highest BCUT2D eigenvalue weighted by Crippen LogP contribution is 2.61. The average molecular weight is 291 g/mol. The molecule has 21 heavy (non-hydrogen) atoms. The standard InChI is InChI=1S/C18H29NO2/c1-15(2)6-12-7-17(5)9-16(3,4)10-18(20,11-17)14(12)13(8-15)19-21/h20-21H,6-11H2,1-5H3/t17-,18+/m0/s1. The molecule has 3 heteroatoms. The monoisotopic (exact) mass is 291 g/mol. The fraction of sp³-hybridized carbons (Fsp3) is 0.833. The minimum Gasteiger partial charge on any atom is -0.411 e. The van der Waals surface area contributed by atoms with Crippen molar-refractivity contribution in [2.75, 3.05) is 0 Å². The zero-order chi connectivity index (χ0) is 15.7. The van der Waals surface area contributed by atoms with E-state index < -0.39 is 5.60 Å². The van der Waals surface area contributed by atoms with Gasteiger partial charge in [-0.3, -0.25) is 0 Å². The highest BCUT2D eigenvalue weighted by atomic mass is 16.4. The smallest absolute Gasteiger partial charge is 0.0925 e. The van der Waals surface area contributed by atoms with E-state index in [1.807, 2.05) is 0 Å². The zero-order valence-corrected chi connectivity index (χ0v) is 14.1.